The second kappa shape index (κ2) is 5.27. The van der Waals surface area contributed by atoms with Gasteiger partial charge in [0.25, 0.3) is 0 Å². The fraction of sp³-hybridized carbons (Fsp3) is 0.667. The molecule has 1 aliphatic heterocycles. The summed E-state index contributed by atoms with van der Waals surface area (Å²) in [5.74, 6) is 0.996. The van der Waals surface area contributed by atoms with Crippen LogP contribution in [0.4, 0.5) is 0 Å². The molecule has 0 radical (unpaired) electrons. The molecule has 0 bridgehead atoms. The minimum atomic E-state index is 0.269. The Balaban J connectivity index is 2.05. The summed E-state index contributed by atoms with van der Waals surface area (Å²) in [7, 11) is 2.02. The van der Waals surface area contributed by atoms with Crippen LogP contribution in [0.1, 0.15) is 41.5 Å². The van der Waals surface area contributed by atoms with E-state index < -0.39 is 0 Å². The van der Waals surface area contributed by atoms with Crippen molar-refractivity contribution in [1.29, 1.82) is 0 Å². The number of ketones is 1. The van der Waals surface area contributed by atoms with Crippen molar-refractivity contribution in [3.63, 3.8) is 0 Å². The molecule has 1 aliphatic rings. The molecule has 2 rings (SSSR count). The molecule has 2 heterocycles. The summed E-state index contributed by atoms with van der Waals surface area (Å²) in [4.78, 5) is 14.7. The zero-order valence-corrected chi connectivity index (χ0v) is 12.0. The first-order valence-corrected chi connectivity index (χ1v) is 6.87. The van der Waals surface area contributed by atoms with Gasteiger partial charge in [0.05, 0.1) is 6.54 Å². The SMILES string of the molecule is Cc1cc(C(=O)CN2CCCC(C)C2)c(C)n1C. The molecule has 3 nitrogen and oxygen atoms in total. The Morgan fingerprint density at radius 1 is 1.44 bits per heavy atom. The third-order valence-electron chi connectivity index (χ3n) is 4.18. The van der Waals surface area contributed by atoms with Gasteiger partial charge in [-0.3, -0.25) is 9.69 Å². The summed E-state index contributed by atoms with van der Waals surface area (Å²) in [6.07, 6.45) is 2.52. The predicted molar refractivity (Wildman–Crippen MR) is 74.1 cm³/mol. The van der Waals surface area contributed by atoms with E-state index in [0.717, 1.165) is 36.0 Å². The highest BCUT2D eigenvalue weighted by atomic mass is 16.1. The molecule has 1 saturated heterocycles. The molecule has 1 fully saturated rings. The van der Waals surface area contributed by atoms with Crippen LogP contribution in [0.3, 0.4) is 0 Å². The number of carbonyl (C=O) groups is 1. The number of Topliss-reactive ketones (excluding diaryl/α,β-unsaturated/α-hetero) is 1. The van der Waals surface area contributed by atoms with E-state index in [4.69, 9.17) is 0 Å². The summed E-state index contributed by atoms with van der Waals surface area (Å²) in [6, 6.07) is 2.02. The van der Waals surface area contributed by atoms with Crippen LogP contribution >= 0.6 is 0 Å². The Bertz CT molecular complexity index is 448. The number of likely N-dealkylation sites (tertiary alicyclic amines) is 1. The van der Waals surface area contributed by atoms with Crippen molar-refractivity contribution in [2.24, 2.45) is 13.0 Å². The van der Waals surface area contributed by atoms with Crippen molar-refractivity contribution in [2.45, 2.75) is 33.6 Å². The number of aromatic nitrogens is 1. The number of aryl methyl sites for hydroxylation is 1. The molecule has 1 aromatic rings. The Morgan fingerprint density at radius 3 is 2.72 bits per heavy atom. The first kappa shape index (κ1) is 13.3. The van der Waals surface area contributed by atoms with E-state index >= 15 is 0 Å². The van der Waals surface area contributed by atoms with Crippen molar-refractivity contribution in [3.05, 3.63) is 23.0 Å². The van der Waals surface area contributed by atoms with E-state index in [1.165, 1.54) is 12.8 Å². The standard InChI is InChI=1S/C15H24N2O/c1-11-6-5-7-17(9-11)10-15(18)14-8-12(2)16(4)13(14)3/h8,11H,5-7,9-10H2,1-4H3. The average molecular weight is 248 g/mol. The minimum absolute atomic E-state index is 0.269. The minimum Gasteiger partial charge on any atom is -0.351 e. The quantitative estimate of drug-likeness (QED) is 0.768. The number of piperidine rings is 1. The number of rotatable bonds is 3. The van der Waals surface area contributed by atoms with E-state index in [2.05, 4.69) is 16.4 Å². The normalized spacial score (nSPS) is 21.2. The maximum absolute atomic E-state index is 12.4. The van der Waals surface area contributed by atoms with Gasteiger partial charge in [0, 0.05) is 30.5 Å². The van der Waals surface area contributed by atoms with Crippen molar-refractivity contribution < 1.29 is 4.79 Å². The van der Waals surface area contributed by atoms with Crippen LogP contribution in [-0.4, -0.2) is 34.9 Å². The fourth-order valence-corrected chi connectivity index (χ4v) is 2.86. The van der Waals surface area contributed by atoms with Crippen molar-refractivity contribution in [1.82, 2.24) is 9.47 Å². The maximum Gasteiger partial charge on any atom is 0.178 e. The summed E-state index contributed by atoms with van der Waals surface area (Å²) in [5.41, 5.74) is 3.14. The van der Waals surface area contributed by atoms with E-state index in [1.807, 2.05) is 27.0 Å². The second-order valence-corrected chi connectivity index (χ2v) is 5.75. The zero-order valence-electron chi connectivity index (χ0n) is 12.0. The highest BCUT2D eigenvalue weighted by Crippen LogP contribution is 2.18. The zero-order chi connectivity index (χ0) is 13.3. The lowest BCUT2D eigenvalue weighted by Crippen LogP contribution is -2.38. The van der Waals surface area contributed by atoms with Gasteiger partial charge >= 0.3 is 0 Å². The van der Waals surface area contributed by atoms with Gasteiger partial charge in [0.15, 0.2) is 5.78 Å². The summed E-state index contributed by atoms with van der Waals surface area (Å²) in [5, 5.41) is 0. The third-order valence-corrected chi connectivity index (χ3v) is 4.18. The van der Waals surface area contributed by atoms with Crippen molar-refractivity contribution in [3.8, 4) is 0 Å². The lowest BCUT2D eigenvalue weighted by atomic mass is 9.99. The van der Waals surface area contributed by atoms with Crippen LogP contribution in [0, 0.1) is 19.8 Å². The van der Waals surface area contributed by atoms with Gasteiger partial charge in [-0.25, -0.2) is 0 Å². The molecule has 100 valence electrons. The number of carbonyl (C=O) groups excluding carboxylic acids is 1. The number of hydrogen-bond acceptors (Lipinski definition) is 2. The van der Waals surface area contributed by atoms with Gasteiger partial charge in [-0.2, -0.15) is 0 Å². The van der Waals surface area contributed by atoms with Crippen LogP contribution in [0.15, 0.2) is 6.07 Å². The van der Waals surface area contributed by atoms with E-state index in [0.29, 0.717) is 6.54 Å². The molecule has 0 saturated carbocycles. The lowest BCUT2D eigenvalue weighted by molar-refractivity contribution is 0.0892. The topological polar surface area (TPSA) is 25.2 Å². The number of hydrogen-bond donors (Lipinski definition) is 0. The third kappa shape index (κ3) is 2.66. The lowest BCUT2D eigenvalue weighted by Gasteiger charge is -2.30. The fourth-order valence-electron chi connectivity index (χ4n) is 2.86. The molecule has 0 aliphatic carbocycles. The first-order valence-electron chi connectivity index (χ1n) is 6.87. The Morgan fingerprint density at radius 2 is 2.17 bits per heavy atom. The molecule has 0 N–H and O–H groups in total. The van der Waals surface area contributed by atoms with Gasteiger partial charge in [-0.15, -0.1) is 0 Å². The average Bonchev–Trinajstić information content (AvgIpc) is 2.57. The van der Waals surface area contributed by atoms with E-state index in [1.54, 1.807) is 0 Å². The Kier molecular flexibility index (Phi) is 3.91. The van der Waals surface area contributed by atoms with Crippen LogP contribution in [0.5, 0.6) is 0 Å². The van der Waals surface area contributed by atoms with Gasteiger partial charge in [0.1, 0.15) is 0 Å². The molecule has 0 spiro atoms. The van der Waals surface area contributed by atoms with Crippen LogP contribution in [-0.2, 0) is 7.05 Å². The van der Waals surface area contributed by atoms with Crippen LogP contribution in [0.25, 0.3) is 0 Å². The van der Waals surface area contributed by atoms with Crippen LogP contribution in [0.2, 0.25) is 0 Å². The number of nitrogens with zero attached hydrogens (tertiary/aromatic N) is 2. The summed E-state index contributed by atoms with van der Waals surface area (Å²) in [6.45, 7) is 9.06. The first-order chi connectivity index (χ1) is 8.49. The summed E-state index contributed by atoms with van der Waals surface area (Å²) >= 11 is 0. The Labute approximate surface area is 110 Å². The molecular formula is C15H24N2O. The summed E-state index contributed by atoms with van der Waals surface area (Å²) < 4.78 is 2.09. The highest BCUT2D eigenvalue weighted by molar-refractivity contribution is 5.99. The molecule has 1 unspecified atom stereocenters. The van der Waals surface area contributed by atoms with Gasteiger partial charge in [0.2, 0.25) is 0 Å². The molecule has 18 heavy (non-hydrogen) atoms. The van der Waals surface area contributed by atoms with Gasteiger partial charge in [-0.05, 0) is 45.2 Å². The molecule has 0 aromatic carbocycles. The highest BCUT2D eigenvalue weighted by Gasteiger charge is 2.21. The van der Waals surface area contributed by atoms with Crippen LogP contribution < -0.4 is 0 Å². The van der Waals surface area contributed by atoms with Gasteiger partial charge < -0.3 is 4.57 Å². The molecule has 1 atom stereocenters. The molecule has 0 amide bonds. The Hall–Kier alpha value is -1.09. The predicted octanol–water partition coefficient (Wildman–Crippen LogP) is 2.56. The van der Waals surface area contributed by atoms with Crippen molar-refractivity contribution in [2.75, 3.05) is 19.6 Å². The van der Waals surface area contributed by atoms with E-state index in [9.17, 15) is 4.79 Å². The maximum atomic E-state index is 12.4. The monoisotopic (exact) mass is 248 g/mol. The second-order valence-electron chi connectivity index (χ2n) is 5.75. The largest absolute Gasteiger partial charge is 0.351 e. The van der Waals surface area contributed by atoms with Gasteiger partial charge in [-0.1, -0.05) is 6.92 Å². The molecule has 3 heteroatoms. The van der Waals surface area contributed by atoms with E-state index in [-0.39, 0.29) is 5.78 Å². The smallest absolute Gasteiger partial charge is 0.178 e. The van der Waals surface area contributed by atoms with Crippen molar-refractivity contribution >= 4 is 5.78 Å². The molecule has 1 aromatic heterocycles. The molecular weight excluding hydrogens is 224 g/mol.